The van der Waals surface area contributed by atoms with Gasteiger partial charge < -0.3 is 10.4 Å². The van der Waals surface area contributed by atoms with Crippen LogP contribution in [-0.2, 0) is 6.54 Å². The third-order valence-electron chi connectivity index (χ3n) is 2.55. The van der Waals surface area contributed by atoms with E-state index in [9.17, 15) is 8.78 Å². The minimum Gasteiger partial charge on any atom is -0.503 e. The van der Waals surface area contributed by atoms with E-state index in [-0.39, 0.29) is 6.54 Å². The number of aromatic hydroxyl groups is 1. The maximum absolute atomic E-state index is 13.2. The Labute approximate surface area is 139 Å². The molecule has 0 bridgehead atoms. The number of anilines is 1. The fourth-order valence-corrected chi connectivity index (χ4v) is 4.16. The van der Waals surface area contributed by atoms with Gasteiger partial charge in [-0.15, -0.1) is 0 Å². The Morgan fingerprint density at radius 1 is 0.950 bits per heavy atom. The van der Waals surface area contributed by atoms with Gasteiger partial charge in [0.05, 0.1) is 5.69 Å². The number of phenolic OH excluding ortho intramolecular Hbond substituents is 1. The molecule has 0 saturated heterocycles. The van der Waals surface area contributed by atoms with Crippen molar-refractivity contribution >= 4 is 53.5 Å². The Balaban J connectivity index is 2.21. The fraction of sp³-hybridized carbons (Fsp3) is 0.0769. The highest BCUT2D eigenvalue weighted by Gasteiger charge is 2.11. The highest BCUT2D eigenvalue weighted by molar-refractivity contribution is 9.11. The van der Waals surface area contributed by atoms with Crippen molar-refractivity contribution in [3.05, 3.63) is 54.9 Å². The maximum Gasteiger partial charge on any atom is 0.187 e. The molecule has 2 aromatic rings. The van der Waals surface area contributed by atoms with E-state index in [0.29, 0.717) is 5.56 Å². The van der Waals surface area contributed by atoms with Crippen molar-refractivity contribution in [1.29, 1.82) is 0 Å². The minimum atomic E-state index is -0.976. The van der Waals surface area contributed by atoms with E-state index >= 15 is 0 Å². The zero-order chi connectivity index (χ0) is 14.9. The molecule has 2 rings (SSSR count). The quantitative estimate of drug-likeness (QED) is 0.613. The van der Waals surface area contributed by atoms with Crippen LogP contribution in [0, 0.1) is 11.6 Å². The molecule has 0 atom stereocenters. The summed E-state index contributed by atoms with van der Waals surface area (Å²) in [6.07, 6.45) is 0. The Morgan fingerprint density at radius 2 is 1.45 bits per heavy atom. The molecule has 0 aliphatic heterocycles. The lowest BCUT2D eigenvalue weighted by molar-refractivity contribution is 0.395. The molecule has 0 radical (unpaired) electrons. The first-order valence-electron chi connectivity index (χ1n) is 5.44. The summed E-state index contributed by atoms with van der Waals surface area (Å²) in [5, 5.41) is 12.1. The van der Waals surface area contributed by atoms with Gasteiger partial charge in [0, 0.05) is 20.0 Å². The zero-order valence-corrected chi connectivity index (χ0v) is 14.6. The number of benzene rings is 2. The summed E-state index contributed by atoms with van der Waals surface area (Å²) in [4.78, 5) is 0. The largest absolute Gasteiger partial charge is 0.503 e. The molecule has 2 aromatic carbocycles. The predicted octanol–water partition coefficient (Wildman–Crippen LogP) is 5.57. The van der Waals surface area contributed by atoms with Gasteiger partial charge in [0.25, 0.3) is 0 Å². The van der Waals surface area contributed by atoms with Crippen molar-refractivity contribution in [3.63, 3.8) is 0 Å². The first-order chi connectivity index (χ1) is 9.38. The number of hydrogen-bond donors (Lipinski definition) is 2. The number of hydrogen-bond acceptors (Lipinski definition) is 2. The number of nitrogens with one attached hydrogen (secondary N) is 1. The molecule has 106 valence electrons. The van der Waals surface area contributed by atoms with Crippen LogP contribution in [0.2, 0.25) is 0 Å². The zero-order valence-electron chi connectivity index (χ0n) is 9.85. The normalized spacial score (nSPS) is 10.7. The van der Waals surface area contributed by atoms with Gasteiger partial charge in [-0.3, -0.25) is 0 Å². The average molecular weight is 472 g/mol. The van der Waals surface area contributed by atoms with Crippen LogP contribution in [0.3, 0.4) is 0 Å². The van der Waals surface area contributed by atoms with Crippen LogP contribution in [0.15, 0.2) is 37.7 Å². The molecule has 0 heterocycles. The summed E-state index contributed by atoms with van der Waals surface area (Å²) in [5.41, 5.74) is 1.15. The van der Waals surface area contributed by atoms with Crippen LogP contribution in [0.25, 0.3) is 0 Å². The molecule has 0 fully saturated rings. The minimum absolute atomic E-state index is 0.215. The van der Waals surface area contributed by atoms with Crippen molar-refractivity contribution in [2.24, 2.45) is 0 Å². The lowest BCUT2D eigenvalue weighted by Gasteiger charge is -2.12. The predicted molar refractivity (Wildman–Crippen MR) is 84.9 cm³/mol. The molecule has 2 N–H and O–H groups in total. The topological polar surface area (TPSA) is 32.3 Å². The molecule has 2 nitrogen and oxygen atoms in total. The Hall–Kier alpha value is -0.660. The summed E-state index contributed by atoms with van der Waals surface area (Å²) < 4.78 is 29.0. The molecule has 0 aliphatic rings. The number of halogens is 5. The third kappa shape index (κ3) is 3.51. The summed E-state index contributed by atoms with van der Waals surface area (Å²) >= 11 is 10.2. The molecule has 0 aromatic heterocycles. The summed E-state index contributed by atoms with van der Waals surface area (Å²) in [5.74, 6) is -2.91. The molecular weight excluding hydrogens is 464 g/mol. The monoisotopic (exact) mass is 469 g/mol. The second-order valence-corrected chi connectivity index (χ2v) is 6.63. The van der Waals surface area contributed by atoms with Gasteiger partial charge in [-0.1, -0.05) is 15.9 Å². The second-order valence-electron chi connectivity index (χ2n) is 4.01. The van der Waals surface area contributed by atoms with Crippen molar-refractivity contribution < 1.29 is 13.9 Å². The van der Waals surface area contributed by atoms with Crippen molar-refractivity contribution in [2.75, 3.05) is 5.32 Å². The van der Waals surface area contributed by atoms with Crippen molar-refractivity contribution in [3.8, 4) is 5.75 Å². The molecule has 0 amide bonds. The fourth-order valence-electron chi connectivity index (χ4n) is 1.62. The lowest BCUT2D eigenvalue weighted by Crippen LogP contribution is -2.02. The van der Waals surface area contributed by atoms with E-state index in [2.05, 4.69) is 53.1 Å². The average Bonchev–Trinajstić information content (AvgIpc) is 2.34. The van der Waals surface area contributed by atoms with Crippen molar-refractivity contribution in [2.45, 2.75) is 6.54 Å². The first-order valence-corrected chi connectivity index (χ1v) is 7.81. The van der Waals surface area contributed by atoms with E-state index < -0.39 is 17.4 Å². The van der Waals surface area contributed by atoms with Gasteiger partial charge in [0.1, 0.15) is 0 Å². The Bertz CT molecular complexity index is 618. The molecule has 0 aliphatic carbocycles. The summed E-state index contributed by atoms with van der Waals surface area (Å²) in [6, 6.07) is 5.88. The van der Waals surface area contributed by atoms with Gasteiger partial charge in [-0.05, 0) is 61.7 Å². The maximum atomic E-state index is 13.2. The van der Waals surface area contributed by atoms with Gasteiger partial charge in [-0.25, -0.2) is 8.78 Å². The van der Waals surface area contributed by atoms with Crippen LogP contribution in [0.4, 0.5) is 14.5 Å². The van der Waals surface area contributed by atoms with Crippen LogP contribution >= 0.6 is 47.8 Å². The van der Waals surface area contributed by atoms with Crippen molar-refractivity contribution in [1.82, 2.24) is 0 Å². The Morgan fingerprint density at radius 3 is 1.95 bits per heavy atom. The molecule has 7 heteroatoms. The van der Waals surface area contributed by atoms with E-state index in [0.717, 1.165) is 31.2 Å². The Kier molecular flexibility index (Phi) is 5.04. The summed E-state index contributed by atoms with van der Waals surface area (Å²) in [7, 11) is 0. The van der Waals surface area contributed by atoms with Gasteiger partial charge in [0.2, 0.25) is 0 Å². The van der Waals surface area contributed by atoms with E-state index in [1.165, 1.54) is 0 Å². The first kappa shape index (κ1) is 15.7. The number of phenols is 1. The third-order valence-corrected chi connectivity index (χ3v) is 4.26. The smallest absolute Gasteiger partial charge is 0.187 e. The lowest BCUT2D eigenvalue weighted by atomic mass is 10.2. The molecular formula is C13H8Br3F2NO. The van der Waals surface area contributed by atoms with Gasteiger partial charge in [-0.2, -0.15) is 0 Å². The number of rotatable bonds is 3. The van der Waals surface area contributed by atoms with Crippen LogP contribution < -0.4 is 5.32 Å². The molecule has 20 heavy (non-hydrogen) atoms. The highest BCUT2D eigenvalue weighted by atomic mass is 79.9. The summed E-state index contributed by atoms with van der Waals surface area (Å²) in [6.45, 7) is 0.215. The van der Waals surface area contributed by atoms with Crippen LogP contribution in [-0.4, -0.2) is 5.11 Å². The standard InChI is InChI=1S/C13H8Br3F2NO/c14-7-3-8(15)12(9(16)4-7)19-5-6-1-10(17)13(20)11(18)2-6/h1-4,19-20H,5H2. The SMILES string of the molecule is Oc1c(F)cc(CNc2c(Br)cc(Br)cc2Br)cc1F. The van der Waals surface area contributed by atoms with Crippen LogP contribution in [0.1, 0.15) is 5.56 Å². The molecule has 0 unspecified atom stereocenters. The van der Waals surface area contributed by atoms with Gasteiger partial charge in [0.15, 0.2) is 17.4 Å². The van der Waals surface area contributed by atoms with E-state index in [4.69, 9.17) is 5.11 Å². The molecule has 0 saturated carbocycles. The highest BCUT2D eigenvalue weighted by Crippen LogP contribution is 2.34. The molecule has 0 spiro atoms. The van der Waals surface area contributed by atoms with E-state index in [1.54, 1.807) is 0 Å². The second kappa shape index (κ2) is 6.41. The van der Waals surface area contributed by atoms with E-state index in [1.807, 2.05) is 12.1 Å². The van der Waals surface area contributed by atoms with Crippen LogP contribution in [0.5, 0.6) is 5.75 Å². The van der Waals surface area contributed by atoms with Gasteiger partial charge >= 0.3 is 0 Å².